The van der Waals surface area contributed by atoms with Gasteiger partial charge in [0.05, 0.1) is 6.04 Å². The Morgan fingerprint density at radius 3 is 2.67 bits per heavy atom. The Morgan fingerprint density at radius 2 is 2.00 bits per heavy atom. The van der Waals surface area contributed by atoms with Crippen LogP contribution < -0.4 is 5.32 Å². The van der Waals surface area contributed by atoms with Crippen LogP contribution in [0.5, 0.6) is 0 Å². The summed E-state index contributed by atoms with van der Waals surface area (Å²) in [6.45, 7) is 2.05. The molecule has 1 atom stereocenters. The summed E-state index contributed by atoms with van der Waals surface area (Å²) in [6, 6.07) is 11.9. The van der Waals surface area contributed by atoms with Gasteiger partial charge in [0.1, 0.15) is 0 Å². The zero-order valence-electron chi connectivity index (χ0n) is 10.4. The van der Waals surface area contributed by atoms with Gasteiger partial charge >= 0.3 is 0 Å². The smallest absolute Gasteiger partial charge is 0.223 e. The minimum atomic E-state index is 0.0259. The fraction of sp³-hybridized carbons (Fsp3) is 0.286. The molecule has 2 N–H and O–H groups in total. The monoisotopic (exact) mass is 243 g/mol. The van der Waals surface area contributed by atoms with Crippen molar-refractivity contribution < 1.29 is 5.11 Å². The summed E-state index contributed by atoms with van der Waals surface area (Å²) in [4.78, 5) is 8.50. The molecule has 0 amide bonds. The van der Waals surface area contributed by atoms with Gasteiger partial charge in [0.25, 0.3) is 0 Å². The van der Waals surface area contributed by atoms with E-state index in [1.54, 1.807) is 6.20 Å². The second kappa shape index (κ2) is 6.12. The van der Waals surface area contributed by atoms with Crippen LogP contribution in [0.15, 0.2) is 42.6 Å². The molecule has 0 aliphatic carbocycles. The maximum Gasteiger partial charge on any atom is 0.223 e. The maximum absolute atomic E-state index is 9.15. The van der Waals surface area contributed by atoms with Gasteiger partial charge in [0.15, 0.2) is 0 Å². The van der Waals surface area contributed by atoms with Crippen molar-refractivity contribution in [2.75, 3.05) is 11.9 Å². The summed E-state index contributed by atoms with van der Waals surface area (Å²) in [5.74, 6) is 0.595. The highest BCUT2D eigenvalue weighted by molar-refractivity contribution is 5.32. The maximum atomic E-state index is 9.15. The average molecular weight is 243 g/mol. The number of benzene rings is 1. The third-order valence-electron chi connectivity index (χ3n) is 2.72. The van der Waals surface area contributed by atoms with Crippen molar-refractivity contribution in [1.29, 1.82) is 0 Å². The molecule has 2 rings (SSSR count). The molecule has 4 heteroatoms. The van der Waals surface area contributed by atoms with E-state index < -0.39 is 0 Å². The zero-order valence-corrected chi connectivity index (χ0v) is 10.4. The molecular weight excluding hydrogens is 226 g/mol. The number of aliphatic hydroxyl groups is 1. The highest BCUT2D eigenvalue weighted by Crippen LogP contribution is 2.20. The van der Waals surface area contributed by atoms with Gasteiger partial charge in [-0.25, -0.2) is 9.97 Å². The van der Waals surface area contributed by atoms with Crippen LogP contribution in [0.25, 0.3) is 0 Å². The molecular formula is C14H17N3O. The Kier molecular flexibility index (Phi) is 4.25. The number of hydrogen-bond acceptors (Lipinski definition) is 4. The van der Waals surface area contributed by atoms with E-state index in [0.29, 0.717) is 12.4 Å². The normalized spacial score (nSPS) is 12.1. The first kappa shape index (κ1) is 12.5. The van der Waals surface area contributed by atoms with Crippen molar-refractivity contribution in [3.8, 4) is 0 Å². The number of aryl methyl sites for hydroxylation is 1. The van der Waals surface area contributed by atoms with E-state index in [2.05, 4.69) is 15.3 Å². The van der Waals surface area contributed by atoms with Gasteiger partial charge in [0, 0.05) is 18.5 Å². The zero-order chi connectivity index (χ0) is 12.8. The lowest BCUT2D eigenvalue weighted by Crippen LogP contribution is -2.14. The average Bonchev–Trinajstić information content (AvgIpc) is 2.39. The van der Waals surface area contributed by atoms with Gasteiger partial charge in [-0.15, -0.1) is 0 Å². The van der Waals surface area contributed by atoms with Crippen LogP contribution in [0.1, 0.15) is 23.7 Å². The van der Waals surface area contributed by atoms with E-state index in [1.165, 1.54) is 0 Å². The van der Waals surface area contributed by atoms with Gasteiger partial charge in [-0.1, -0.05) is 30.3 Å². The first-order valence-corrected chi connectivity index (χ1v) is 6.01. The number of aromatic nitrogens is 2. The lowest BCUT2D eigenvalue weighted by molar-refractivity contribution is 0.280. The van der Waals surface area contributed by atoms with Crippen molar-refractivity contribution in [2.45, 2.75) is 19.4 Å². The van der Waals surface area contributed by atoms with Crippen molar-refractivity contribution in [3.05, 3.63) is 53.9 Å². The van der Waals surface area contributed by atoms with Gasteiger partial charge in [-0.3, -0.25) is 0 Å². The minimum Gasteiger partial charge on any atom is -0.396 e. The molecule has 0 bridgehead atoms. The van der Waals surface area contributed by atoms with Crippen molar-refractivity contribution >= 4 is 5.95 Å². The van der Waals surface area contributed by atoms with Crippen LogP contribution in [0.3, 0.4) is 0 Å². The third kappa shape index (κ3) is 3.28. The molecule has 0 aliphatic rings. The van der Waals surface area contributed by atoms with Crippen LogP contribution >= 0.6 is 0 Å². The molecule has 0 saturated carbocycles. The Bertz CT molecular complexity index is 487. The van der Waals surface area contributed by atoms with Crippen molar-refractivity contribution in [1.82, 2.24) is 9.97 Å². The minimum absolute atomic E-state index is 0.0259. The molecule has 0 unspecified atom stereocenters. The summed E-state index contributed by atoms with van der Waals surface area (Å²) in [6.07, 6.45) is 2.35. The van der Waals surface area contributed by atoms with E-state index in [0.717, 1.165) is 11.3 Å². The first-order chi connectivity index (χ1) is 8.79. The van der Waals surface area contributed by atoms with E-state index in [9.17, 15) is 0 Å². The molecule has 4 nitrogen and oxygen atoms in total. The first-order valence-electron chi connectivity index (χ1n) is 6.01. The quantitative estimate of drug-likeness (QED) is 0.846. The predicted molar refractivity (Wildman–Crippen MR) is 71.3 cm³/mol. The van der Waals surface area contributed by atoms with Gasteiger partial charge in [-0.05, 0) is 25.0 Å². The SMILES string of the molecule is Cc1ccnc(N[C@@H](CCO)c2ccccc2)n1. The molecule has 1 aromatic carbocycles. The summed E-state index contributed by atoms with van der Waals surface area (Å²) in [5.41, 5.74) is 2.04. The van der Waals surface area contributed by atoms with Crippen molar-refractivity contribution in [2.24, 2.45) is 0 Å². The van der Waals surface area contributed by atoms with Gasteiger partial charge < -0.3 is 10.4 Å². The number of hydrogen-bond donors (Lipinski definition) is 2. The van der Waals surface area contributed by atoms with Crippen LogP contribution in [0, 0.1) is 6.92 Å². The van der Waals surface area contributed by atoms with Gasteiger partial charge in [0.2, 0.25) is 5.95 Å². The molecule has 94 valence electrons. The molecule has 0 radical (unpaired) electrons. The molecule has 0 fully saturated rings. The summed E-state index contributed by atoms with van der Waals surface area (Å²) < 4.78 is 0. The van der Waals surface area contributed by atoms with Crippen LogP contribution in [-0.4, -0.2) is 21.7 Å². The Labute approximate surface area is 107 Å². The fourth-order valence-corrected chi connectivity index (χ4v) is 1.81. The summed E-state index contributed by atoms with van der Waals surface area (Å²) in [7, 11) is 0. The van der Waals surface area contributed by atoms with E-state index >= 15 is 0 Å². The summed E-state index contributed by atoms with van der Waals surface area (Å²) in [5, 5.41) is 12.4. The lowest BCUT2D eigenvalue weighted by Gasteiger charge is -2.18. The number of nitrogens with one attached hydrogen (secondary N) is 1. The second-order valence-corrected chi connectivity index (χ2v) is 4.14. The highest BCUT2D eigenvalue weighted by atomic mass is 16.3. The highest BCUT2D eigenvalue weighted by Gasteiger charge is 2.11. The van der Waals surface area contributed by atoms with E-state index in [4.69, 9.17) is 5.11 Å². The number of anilines is 1. The lowest BCUT2D eigenvalue weighted by atomic mass is 10.0. The number of nitrogens with zero attached hydrogens (tertiary/aromatic N) is 2. The van der Waals surface area contributed by atoms with Crippen molar-refractivity contribution in [3.63, 3.8) is 0 Å². The Hall–Kier alpha value is -1.94. The van der Waals surface area contributed by atoms with Gasteiger partial charge in [-0.2, -0.15) is 0 Å². The molecule has 1 heterocycles. The predicted octanol–water partition coefficient (Wildman–Crippen LogP) is 2.32. The summed E-state index contributed by atoms with van der Waals surface area (Å²) >= 11 is 0. The standard InChI is InChI=1S/C14H17N3O/c1-11-7-9-15-14(16-11)17-13(8-10-18)12-5-3-2-4-6-12/h2-7,9,13,18H,8,10H2,1H3,(H,15,16,17)/t13-/m0/s1. The Morgan fingerprint density at radius 1 is 1.22 bits per heavy atom. The number of rotatable bonds is 5. The van der Waals surface area contributed by atoms with Crippen LogP contribution in [0.2, 0.25) is 0 Å². The van der Waals surface area contributed by atoms with Crippen LogP contribution in [0.4, 0.5) is 5.95 Å². The molecule has 0 aliphatic heterocycles. The van der Waals surface area contributed by atoms with E-state index in [-0.39, 0.29) is 12.6 Å². The molecule has 2 aromatic rings. The second-order valence-electron chi connectivity index (χ2n) is 4.14. The Balaban J connectivity index is 2.16. The van der Waals surface area contributed by atoms with Crippen LogP contribution in [-0.2, 0) is 0 Å². The molecule has 0 spiro atoms. The molecule has 1 aromatic heterocycles. The van der Waals surface area contributed by atoms with E-state index in [1.807, 2.05) is 43.3 Å². The topological polar surface area (TPSA) is 58.0 Å². The third-order valence-corrected chi connectivity index (χ3v) is 2.72. The largest absolute Gasteiger partial charge is 0.396 e. The molecule has 0 saturated heterocycles. The fourth-order valence-electron chi connectivity index (χ4n) is 1.81. The molecule has 18 heavy (non-hydrogen) atoms. The number of aliphatic hydroxyl groups excluding tert-OH is 1.